The van der Waals surface area contributed by atoms with Crippen LogP contribution in [-0.4, -0.2) is 109 Å². The third-order valence-corrected chi connectivity index (χ3v) is 11.0. The van der Waals surface area contributed by atoms with E-state index < -0.39 is 59.3 Å². The second-order valence-electron chi connectivity index (χ2n) is 16.9. The van der Waals surface area contributed by atoms with Crippen LogP contribution in [0.2, 0.25) is 0 Å². The fourth-order valence-corrected chi connectivity index (χ4v) is 7.48. The summed E-state index contributed by atoms with van der Waals surface area (Å²) in [6.45, 7) is 9.39. The van der Waals surface area contributed by atoms with Gasteiger partial charge in [-0.2, -0.15) is 5.26 Å². The second kappa shape index (κ2) is 22.2. The van der Waals surface area contributed by atoms with Gasteiger partial charge in [-0.3, -0.25) is 28.8 Å². The quantitative estimate of drug-likeness (QED) is 0.0780. The lowest BCUT2D eigenvalue weighted by Crippen LogP contribution is -2.56. The molecule has 19 nitrogen and oxygen atoms in total. The van der Waals surface area contributed by atoms with Gasteiger partial charge in [-0.1, -0.05) is 57.2 Å². The van der Waals surface area contributed by atoms with Gasteiger partial charge >= 0.3 is 0 Å². The summed E-state index contributed by atoms with van der Waals surface area (Å²) in [5.74, 6) is -2.83. The van der Waals surface area contributed by atoms with Crippen LogP contribution in [0.3, 0.4) is 0 Å². The number of rotatable bonds is 15. The Bertz CT molecular complexity index is 2530. The number of fused-ring (bicyclic) bond motifs is 5. The fraction of sp³-hybridized carbons (Fsp3) is 0.404. The van der Waals surface area contributed by atoms with Crippen molar-refractivity contribution < 1.29 is 33.4 Å². The van der Waals surface area contributed by atoms with Gasteiger partial charge in [0.05, 0.1) is 11.8 Å². The molecule has 4 atom stereocenters. The minimum absolute atomic E-state index is 0.0162. The zero-order chi connectivity index (χ0) is 48.3. The molecule has 1 aliphatic rings. The van der Waals surface area contributed by atoms with Crippen molar-refractivity contribution in [3.05, 3.63) is 99.0 Å². The minimum Gasteiger partial charge on any atom is -0.492 e. The average Bonchev–Trinajstić information content (AvgIpc) is 3.28. The van der Waals surface area contributed by atoms with Gasteiger partial charge in [0.2, 0.25) is 23.6 Å². The molecule has 0 radical (unpaired) electrons. The zero-order valence-electron chi connectivity index (χ0n) is 38.1. The molecule has 0 saturated heterocycles. The summed E-state index contributed by atoms with van der Waals surface area (Å²) in [4.78, 5) is 92.1. The summed E-state index contributed by atoms with van der Waals surface area (Å²) in [6.07, 6.45) is -0.108. The number of aryl methyl sites for hydroxylation is 1. The van der Waals surface area contributed by atoms with Crippen LogP contribution in [0.1, 0.15) is 72.9 Å². The number of hydrogen-bond donors (Lipinski definition) is 8. The Morgan fingerprint density at radius 2 is 1.55 bits per heavy atom. The van der Waals surface area contributed by atoms with Crippen LogP contribution in [0, 0.1) is 18.3 Å². The zero-order valence-corrected chi connectivity index (χ0v) is 38.1. The number of ether oxygens (including phenoxy) is 2. The van der Waals surface area contributed by atoms with Gasteiger partial charge in [-0.25, -0.2) is 4.98 Å². The first-order valence-electron chi connectivity index (χ1n) is 21.6. The van der Waals surface area contributed by atoms with Crippen molar-refractivity contribution in [1.29, 1.82) is 5.26 Å². The molecule has 1 aromatic heterocycles. The number of nitrogens with one attached hydrogen (secondary N) is 5. The maximum atomic E-state index is 14.7. The van der Waals surface area contributed by atoms with Gasteiger partial charge in [0, 0.05) is 43.2 Å². The highest BCUT2D eigenvalue weighted by atomic mass is 16.5. The molecule has 0 aliphatic carbocycles. The smallest absolute Gasteiger partial charge is 0.264 e. The predicted octanol–water partition coefficient (Wildman–Crippen LogP) is 1.22. The number of likely N-dealkylation sites (N-methyl/N-ethyl adjacent to an activating group) is 1. The van der Waals surface area contributed by atoms with Gasteiger partial charge in [0.1, 0.15) is 66.8 Å². The van der Waals surface area contributed by atoms with E-state index in [-0.39, 0.29) is 80.3 Å². The predicted molar refractivity (Wildman–Crippen MR) is 247 cm³/mol. The Labute approximate surface area is 383 Å². The fourth-order valence-electron chi connectivity index (χ4n) is 7.48. The lowest BCUT2D eigenvalue weighted by Gasteiger charge is -2.32. The molecule has 19 heteroatoms. The lowest BCUT2D eigenvalue weighted by molar-refractivity contribution is -0.141. The van der Waals surface area contributed by atoms with Crippen molar-refractivity contribution in [1.82, 2.24) is 36.1 Å². The third-order valence-electron chi connectivity index (χ3n) is 11.0. The molecule has 5 amide bonds. The summed E-state index contributed by atoms with van der Waals surface area (Å²) >= 11 is 0. The summed E-state index contributed by atoms with van der Waals surface area (Å²) in [5.41, 5.74) is 20.1. The SMILES string of the molecule is Cc1nc(-c2ccc(C(C)(C)C)cc2)[nH]c(=O)c1C(=O)NC(CCN)C(=O)N(C)[C@@H]1C(=O)N[C@@H](C)C(=O)N[C@H](C(=O)NCC#N)Cc2ccc(OCCN)c(c2)-c2cc1ccc2OCCN. The Morgan fingerprint density at radius 3 is 2.14 bits per heavy atom. The third kappa shape index (κ3) is 11.9. The molecule has 3 aromatic carbocycles. The normalized spacial score (nSPS) is 16.6. The largest absolute Gasteiger partial charge is 0.492 e. The van der Waals surface area contributed by atoms with Crippen LogP contribution in [0.25, 0.3) is 22.5 Å². The maximum Gasteiger partial charge on any atom is 0.264 e. The van der Waals surface area contributed by atoms with E-state index in [2.05, 4.69) is 52.0 Å². The molecule has 0 saturated carbocycles. The van der Waals surface area contributed by atoms with E-state index in [9.17, 15) is 28.8 Å². The number of nitrogens with two attached hydrogens (primary N) is 3. The molecule has 5 rings (SSSR count). The molecular formula is C47H59N11O8. The highest BCUT2D eigenvalue weighted by molar-refractivity contribution is 6.00. The molecule has 0 spiro atoms. The molecule has 0 fully saturated rings. The van der Waals surface area contributed by atoms with E-state index in [4.69, 9.17) is 31.9 Å². The first-order chi connectivity index (χ1) is 31.4. The van der Waals surface area contributed by atoms with Gasteiger partial charge in [-0.15, -0.1) is 0 Å². The van der Waals surface area contributed by atoms with Crippen molar-refractivity contribution in [3.63, 3.8) is 0 Å². The van der Waals surface area contributed by atoms with Crippen molar-refractivity contribution in [3.8, 4) is 40.1 Å². The van der Waals surface area contributed by atoms with Gasteiger partial charge < -0.3 is 57.8 Å². The number of aromatic amines is 1. The Balaban J connectivity index is 1.57. The average molecular weight is 906 g/mol. The van der Waals surface area contributed by atoms with E-state index >= 15 is 0 Å². The Hall–Kier alpha value is -7.14. The van der Waals surface area contributed by atoms with Crippen LogP contribution in [0.15, 0.2) is 65.5 Å². The molecule has 1 aliphatic heterocycles. The number of carbonyl (C=O) groups excluding carboxylic acids is 5. The van der Waals surface area contributed by atoms with Crippen molar-refractivity contribution in [2.75, 3.05) is 46.4 Å². The van der Waals surface area contributed by atoms with E-state index in [1.165, 1.54) is 20.9 Å². The molecule has 66 heavy (non-hydrogen) atoms. The highest BCUT2D eigenvalue weighted by Crippen LogP contribution is 2.40. The molecule has 11 N–H and O–H groups in total. The standard InChI is InChI=1S/C47H59N11O8/c1-26-38(44(62)57-40(53-26)29-8-11-31(12-9-29)47(3,4)5)43(61)55-34(15-16-48)46(64)58(6)39-30-10-14-37(66-22-19-51)33(25-30)32-23-28(7-13-36(32)65-21-18-50)24-35(42(60)52-20-17-49)56-41(59)27(2)54-45(39)63/h7-14,23,25,27,34-35,39H,15-16,18-22,24,48,50-51H2,1-6H3,(H,52,60)(H,54,63)(H,55,61)(H,56,59)(H,53,57,62)/t27-,34?,35-,39-/m0/s1. The molecule has 4 aromatic rings. The maximum absolute atomic E-state index is 14.7. The van der Waals surface area contributed by atoms with Crippen LogP contribution >= 0.6 is 0 Å². The van der Waals surface area contributed by atoms with Crippen molar-refractivity contribution >= 4 is 29.5 Å². The molecule has 2 heterocycles. The molecule has 350 valence electrons. The number of carbonyl (C=O) groups is 5. The summed E-state index contributed by atoms with van der Waals surface area (Å²) in [7, 11) is 1.36. The van der Waals surface area contributed by atoms with Crippen molar-refractivity contribution in [2.45, 2.75) is 77.0 Å². The van der Waals surface area contributed by atoms with E-state index in [0.717, 1.165) is 10.5 Å². The number of benzene rings is 3. The number of nitriles is 1. The molecule has 4 bridgehead atoms. The monoisotopic (exact) mass is 905 g/mol. The number of amides is 5. The van der Waals surface area contributed by atoms with Crippen LogP contribution in [0.4, 0.5) is 0 Å². The first kappa shape index (κ1) is 49.9. The number of H-pyrrole nitrogens is 1. The minimum atomic E-state index is -1.46. The highest BCUT2D eigenvalue weighted by Gasteiger charge is 2.36. The summed E-state index contributed by atoms with van der Waals surface area (Å²) < 4.78 is 12.2. The summed E-state index contributed by atoms with van der Waals surface area (Å²) in [5, 5.41) is 19.7. The van der Waals surface area contributed by atoms with Gasteiger partial charge in [0.25, 0.3) is 11.5 Å². The van der Waals surface area contributed by atoms with Gasteiger partial charge in [0.15, 0.2) is 0 Å². The van der Waals surface area contributed by atoms with Crippen LogP contribution in [-0.2, 0) is 31.0 Å². The van der Waals surface area contributed by atoms with Crippen molar-refractivity contribution in [2.24, 2.45) is 17.2 Å². The number of nitrogens with zero attached hydrogens (tertiary/aromatic N) is 3. The van der Waals surface area contributed by atoms with Crippen LogP contribution in [0.5, 0.6) is 11.5 Å². The van der Waals surface area contributed by atoms with Gasteiger partial charge in [-0.05, 0) is 73.2 Å². The molecular weight excluding hydrogens is 847 g/mol. The Morgan fingerprint density at radius 1 is 0.909 bits per heavy atom. The second-order valence-corrected chi connectivity index (χ2v) is 16.9. The van der Waals surface area contributed by atoms with Crippen LogP contribution < -0.4 is 53.5 Å². The Kier molecular flexibility index (Phi) is 16.8. The lowest BCUT2D eigenvalue weighted by atomic mass is 9.87. The summed E-state index contributed by atoms with van der Waals surface area (Å²) in [6, 6.07) is 14.2. The first-order valence-corrected chi connectivity index (χ1v) is 21.6. The number of hydrogen-bond acceptors (Lipinski definition) is 13. The van der Waals surface area contributed by atoms with E-state index in [1.54, 1.807) is 36.4 Å². The van der Waals surface area contributed by atoms with E-state index in [0.29, 0.717) is 33.8 Å². The molecule has 1 unspecified atom stereocenters. The van der Waals surface area contributed by atoms with E-state index in [1.807, 2.05) is 30.3 Å². The topological polar surface area (TPSA) is 303 Å². The number of aromatic nitrogens is 2.